The van der Waals surface area contributed by atoms with E-state index in [-0.39, 0.29) is 0 Å². The molecule has 1 N–H and O–H groups in total. The van der Waals surface area contributed by atoms with Crippen LogP contribution in [0, 0.1) is 6.92 Å². The molecule has 12 heavy (non-hydrogen) atoms. The van der Waals surface area contributed by atoms with Crippen molar-refractivity contribution >= 4 is 15.9 Å². The molecule has 1 nitrogen and oxygen atoms in total. The summed E-state index contributed by atoms with van der Waals surface area (Å²) in [4.78, 5) is 0. The second-order valence-corrected chi connectivity index (χ2v) is 3.72. The maximum absolute atomic E-state index is 9.45. The summed E-state index contributed by atoms with van der Waals surface area (Å²) in [6.07, 6.45) is 2.01. The summed E-state index contributed by atoms with van der Waals surface area (Å²) in [7, 11) is 0. The average molecular weight is 229 g/mol. The summed E-state index contributed by atoms with van der Waals surface area (Å²) < 4.78 is 0. The second-order valence-electron chi connectivity index (χ2n) is 2.92. The Labute approximate surface area is 81.6 Å². The Balaban J connectivity index is 2.75. The Morgan fingerprint density at radius 2 is 2.17 bits per heavy atom. The van der Waals surface area contributed by atoms with Crippen LogP contribution in [0.5, 0.6) is 5.75 Å². The smallest absolute Gasteiger partial charge is 0.118 e. The monoisotopic (exact) mass is 228 g/mol. The number of hydrogen-bond donors (Lipinski definition) is 1. The van der Waals surface area contributed by atoms with E-state index in [1.54, 1.807) is 6.07 Å². The van der Waals surface area contributed by atoms with Gasteiger partial charge in [-0.2, -0.15) is 0 Å². The fourth-order valence-corrected chi connectivity index (χ4v) is 1.45. The van der Waals surface area contributed by atoms with Crippen molar-refractivity contribution in [3.63, 3.8) is 0 Å². The molecule has 2 heteroatoms. The molecule has 1 aromatic rings. The Morgan fingerprint density at radius 1 is 1.42 bits per heavy atom. The van der Waals surface area contributed by atoms with Gasteiger partial charge in [0.15, 0.2) is 0 Å². The summed E-state index contributed by atoms with van der Waals surface area (Å²) in [5, 5.41) is 10.4. The van der Waals surface area contributed by atoms with E-state index in [1.165, 1.54) is 5.56 Å². The van der Waals surface area contributed by atoms with Crippen LogP contribution in [0.25, 0.3) is 0 Å². The number of rotatable bonds is 3. The third-order valence-electron chi connectivity index (χ3n) is 1.81. The maximum Gasteiger partial charge on any atom is 0.118 e. The molecule has 0 saturated heterocycles. The van der Waals surface area contributed by atoms with Crippen molar-refractivity contribution < 1.29 is 5.11 Å². The van der Waals surface area contributed by atoms with Gasteiger partial charge < -0.3 is 5.11 Å². The molecule has 66 valence electrons. The van der Waals surface area contributed by atoms with Gasteiger partial charge in [0.05, 0.1) is 0 Å². The number of phenolic OH excluding ortho intramolecular Hbond substituents is 1. The average Bonchev–Trinajstić information content (AvgIpc) is 2.07. The zero-order valence-corrected chi connectivity index (χ0v) is 8.76. The lowest BCUT2D eigenvalue weighted by molar-refractivity contribution is 0.467. The fourth-order valence-electron chi connectivity index (χ4n) is 1.17. The number of aromatic hydroxyl groups is 1. The quantitative estimate of drug-likeness (QED) is 0.790. The first kappa shape index (κ1) is 9.59. The minimum Gasteiger partial charge on any atom is -0.508 e. The molecular formula is C10H13BrO. The van der Waals surface area contributed by atoms with Crippen LogP contribution in [0.15, 0.2) is 18.2 Å². The van der Waals surface area contributed by atoms with Gasteiger partial charge in [-0.15, -0.1) is 0 Å². The van der Waals surface area contributed by atoms with Crippen LogP contribution in [0.4, 0.5) is 0 Å². The largest absolute Gasteiger partial charge is 0.508 e. The highest BCUT2D eigenvalue weighted by molar-refractivity contribution is 9.09. The third kappa shape index (κ3) is 2.52. The van der Waals surface area contributed by atoms with E-state index < -0.39 is 0 Å². The predicted molar refractivity (Wildman–Crippen MR) is 55.0 cm³/mol. The number of halogens is 1. The van der Waals surface area contributed by atoms with Gasteiger partial charge in [-0.1, -0.05) is 33.6 Å². The summed E-state index contributed by atoms with van der Waals surface area (Å²) in [5.41, 5.74) is 2.26. The Bertz CT molecular complexity index is 258. The van der Waals surface area contributed by atoms with Gasteiger partial charge in [0.2, 0.25) is 0 Å². The van der Waals surface area contributed by atoms with Gasteiger partial charge in [0.25, 0.3) is 0 Å². The van der Waals surface area contributed by atoms with Gasteiger partial charge in [0, 0.05) is 5.33 Å². The third-order valence-corrected chi connectivity index (χ3v) is 2.38. The maximum atomic E-state index is 9.45. The van der Waals surface area contributed by atoms with E-state index in [4.69, 9.17) is 0 Å². The standard InChI is InChI=1S/C10H13BrO/c1-8-4-5-10(12)9(7-8)3-2-6-11/h4-5,7,12H,2-3,6H2,1H3. The van der Waals surface area contributed by atoms with Crippen LogP contribution in [-0.2, 0) is 6.42 Å². The minimum absolute atomic E-state index is 0.418. The SMILES string of the molecule is Cc1ccc(O)c(CCCBr)c1. The van der Waals surface area contributed by atoms with E-state index >= 15 is 0 Å². The molecule has 0 unspecified atom stereocenters. The number of phenols is 1. The molecule has 0 aromatic heterocycles. The predicted octanol–water partition coefficient (Wildman–Crippen LogP) is 3.03. The molecule has 0 fully saturated rings. The highest BCUT2D eigenvalue weighted by Gasteiger charge is 1.99. The van der Waals surface area contributed by atoms with Crippen molar-refractivity contribution in [1.29, 1.82) is 0 Å². The van der Waals surface area contributed by atoms with E-state index in [9.17, 15) is 5.11 Å². The molecule has 0 aliphatic carbocycles. The van der Waals surface area contributed by atoms with Gasteiger partial charge in [-0.05, 0) is 31.4 Å². The van der Waals surface area contributed by atoms with Gasteiger partial charge in [0.1, 0.15) is 5.75 Å². The number of hydrogen-bond acceptors (Lipinski definition) is 1. The zero-order valence-electron chi connectivity index (χ0n) is 7.18. The molecule has 0 spiro atoms. The molecule has 0 atom stereocenters. The first-order valence-corrected chi connectivity index (χ1v) is 5.20. The van der Waals surface area contributed by atoms with Crippen LogP contribution < -0.4 is 0 Å². The first-order valence-electron chi connectivity index (χ1n) is 4.08. The highest BCUT2D eigenvalue weighted by atomic mass is 79.9. The molecule has 0 radical (unpaired) electrons. The Morgan fingerprint density at radius 3 is 2.83 bits per heavy atom. The second kappa shape index (κ2) is 4.51. The summed E-state index contributed by atoms with van der Waals surface area (Å²) in [5.74, 6) is 0.418. The zero-order chi connectivity index (χ0) is 8.97. The molecule has 1 aromatic carbocycles. The van der Waals surface area contributed by atoms with Crippen LogP contribution in [0.1, 0.15) is 17.5 Å². The Hall–Kier alpha value is -0.500. The van der Waals surface area contributed by atoms with Crippen LogP contribution in [0.3, 0.4) is 0 Å². The molecule has 0 saturated carbocycles. The number of alkyl halides is 1. The van der Waals surface area contributed by atoms with Crippen LogP contribution in [-0.4, -0.2) is 10.4 Å². The lowest BCUT2D eigenvalue weighted by Crippen LogP contribution is -1.87. The van der Waals surface area contributed by atoms with Crippen molar-refractivity contribution in [1.82, 2.24) is 0 Å². The van der Waals surface area contributed by atoms with E-state index in [1.807, 2.05) is 19.1 Å². The molecule has 0 aliphatic heterocycles. The summed E-state index contributed by atoms with van der Waals surface area (Å²) in [6.45, 7) is 2.04. The molecule has 0 bridgehead atoms. The Kier molecular flexibility index (Phi) is 3.60. The van der Waals surface area contributed by atoms with Crippen molar-refractivity contribution in [3.05, 3.63) is 29.3 Å². The van der Waals surface area contributed by atoms with E-state index in [0.29, 0.717) is 5.75 Å². The van der Waals surface area contributed by atoms with E-state index in [2.05, 4.69) is 15.9 Å². The van der Waals surface area contributed by atoms with Crippen LogP contribution in [0.2, 0.25) is 0 Å². The fraction of sp³-hybridized carbons (Fsp3) is 0.400. The topological polar surface area (TPSA) is 20.2 Å². The lowest BCUT2D eigenvalue weighted by atomic mass is 10.1. The molecule has 0 amide bonds. The van der Waals surface area contributed by atoms with Crippen molar-refractivity contribution in [3.8, 4) is 5.75 Å². The lowest BCUT2D eigenvalue weighted by Gasteiger charge is -2.03. The first-order chi connectivity index (χ1) is 5.74. The van der Waals surface area contributed by atoms with Crippen molar-refractivity contribution in [2.75, 3.05) is 5.33 Å². The molecule has 0 heterocycles. The van der Waals surface area contributed by atoms with E-state index in [0.717, 1.165) is 23.7 Å². The normalized spacial score (nSPS) is 10.2. The molecular weight excluding hydrogens is 216 g/mol. The summed E-state index contributed by atoms with van der Waals surface area (Å²) in [6, 6.07) is 5.73. The molecule has 1 rings (SSSR count). The minimum atomic E-state index is 0.418. The van der Waals surface area contributed by atoms with Crippen molar-refractivity contribution in [2.45, 2.75) is 19.8 Å². The number of aryl methyl sites for hydroxylation is 2. The van der Waals surface area contributed by atoms with Gasteiger partial charge in [-0.3, -0.25) is 0 Å². The molecule has 0 aliphatic rings. The summed E-state index contributed by atoms with van der Waals surface area (Å²) >= 11 is 3.37. The van der Waals surface area contributed by atoms with Crippen molar-refractivity contribution in [2.24, 2.45) is 0 Å². The van der Waals surface area contributed by atoms with Crippen LogP contribution >= 0.6 is 15.9 Å². The van der Waals surface area contributed by atoms with Gasteiger partial charge >= 0.3 is 0 Å². The number of benzene rings is 1. The highest BCUT2D eigenvalue weighted by Crippen LogP contribution is 2.19. The van der Waals surface area contributed by atoms with Gasteiger partial charge in [-0.25, -0.2) is 0 Å².